The van der Waals surface area contributed by atoms with Gasteiger partial charge >= 0.3 is 0 Å². The topological polar surface area (TPSA) is 85.4 Å². The monoisotopic (exact) mass is 173 g/mol. The second-order valence-electron chi connectivity index (χ2n) is 2.56. The third-order valence-corrected chi connectivity index (χ3v) is 1.64. The van der Waals surface area contributed by atoms with E-state index in [0.717, 1.165) is 5.56 Å². The molecule has 1 aromatic heterocycles. The maximum Gasteiger partial charge on any atom is 0.127 e. The highest BCUT2D eigenvalue weighted by Crippen LogP contribution is 2.17. The third-order valence-electron chi connectivity index (χ3n) is 1.64. The molecule has 1 aromatic rings. The summed E-state index contributed by atoms with van der Waals surface area (Å²) in [6, 6.07) is 3.62. The van der Waals surface area contributed by atoms with Crippen LogP contribution in [0.5, 0.6) is 0 Å². The van der Waals surface area contributed by atoms with E-state index >= 15 is 0 Å². The molecule has 0 saturated carbocycles. The quantitative estimate of drug-likeness (QED) is 0.371. The van der Waals surface area contributed by atoms with Crippen LogP contribution in [0.15, 0.2) is 11.2 Å². The zero-order valence-corrected chi connectivity index (χ0v) is 7.31. The Hall–Kier alpha value is -2.05. The molecule has 0 aliphatic carbocycles. The highest BCUT2D eigenvalue weighted by molar-refractivity contribution is 5.45. The first-order valence-electron chi connectivity index (χ1n) is 3.62. The van der Waals surface area contributed by atoms with Crippen molar-refractivity contribution in [3.8, 4) is 6.07 Å². The van der Waals surface area contributed by atoms with Gasteiger partial charge in [0.1, 0.15) is 11.9 Å². The van der Waals surface area contributed by atoms with Crippen molar-refractivity contribution in [3.63, 3.8) is 0 Å². The zero-order chi connectivity index (χ0) is 9.84. The van der Waals surface area contributed by atoms with E-state index in [9.17, 15) is 0 Å². The molecule has 0 bridgehead atoms. The van der Waals surface area contributed by atoms with E-state index in [-0.39, 0.29) is 0 Å². The van der Waals surface area contributed by atoms with Crippen LogP contribution in [0.1, 0.15) is 16.8 Å². The predicted molar refractivity (Wildman–Crippen MR) is 47.2 cm³/mol. The highest BCUT2D eigenvalue weighted by Gasteiger charge is 2.04. The molecule has 5 heteroatoms. The summed E-state index contributed by atoms with van der Waals surface area (Å²) < 4.78 is 0. The normalized spacial score (nSPS) is 8.69. The molecule has 0 aliphatic heterocycles. The first-order chi connectivity index (χ1) is 6.19. The largest absolute Gasteiger partial charge is 0.250 e. The van der Waals surface area contributed by atoms with E-state index in [1.54, 1.807) is 19.9 Å². The van der Waals surface area contributed by atoms with Crippen LogP contribution in [0.2, 0.25) is 0 Å². The summed E-state index contributed by atoms with van der Waals surface area (Å²) >= 11 is 0. The van der Waals surface area contributed by atoms with Crippen molar-refractivity contribution in [1.29, 1.82) is 5.26 Å². The van der Waals surface area contributed by atoms with Gasteiger partial charge in [-0.1, -0.05) is 0 Å². The standard InChI is InChI=1S/C8H7N5/c1-5-3-8(12-13-10)11-6(2)7(5)4-9/h3H,1-2H3. The van der Waals surface area contributed by atoms with Gasteiger partial charge in [-0.05, 0) is 36.1 Å². The molecule has 0 fully saturated rings. The number of nitrogens with zero attached hydrogens (tertiary/aromatic N) is 5. The van der Waals surface area contributed by atoms with Crippen molar-refractivity contribution in [2.75, 3.05) is 0 Å². The summed E-state index contributed by atoms with van der Waals surface area (Å²) in [7, 11) is 0. The van der Waals surface area contributed by atoms with Crippen LogP contribution in [-0.2, 0) is 0 Å². The van der Waals surface area contributed by atoms with Gasteiger partial charge in [-0.25, -0.2) is 0 Å². The van der Waals surface area contributed by atoms with Gasteiger partial charge in [0.25, 0.3) is 0 Å². The van der Waals surface area contributed by atoms with Crippen LogP contribution in [0.4, 0.5) is 5.82 Å². The second kappa shape index (κ2) is 3.57. The molecule has 0 atom stereocenters. The third kappa shape index (κ3) is 1.75. The Morgan fingerprint density at radius 3 is 2.77 bits per heavy atom. The van der Waals surface area contributed by atoms with E-state index in [1.807, 2.05) is 6.07 Å². The fraction of sp³-hybridized carbons (Fsp3) is 0.250. The van der Waals surface area contributed by atoms with E-state index in [0.29, 0.717) is 17.1 Å². The van der Waals surface area contributed by atoms with Gasteiger partial charge in [0, 0.05) is 4.91 Å². The first kappa shape index (κ1) is 9.04. The van der Waals surface area contributed by atoms with E-state index in [1.165, 1.54) is 0 Å². The van der Waals surface area contributed by atoms with Gasteiger partial charge in [0.05, 0.1) is 11.3 Å². The lowest BCUT2D eigenvalue weighted by molar-refractivity contribution is 1.13. The Morgan fingerprint density at radius 2 is 2.31 bits per heavy atom. The van der Waals surface area contributed by atoms with Crippen molar-refractivity contribution < 1.29 is 0 Å². The van der Waals surface area contributed by atoms with Crippen LogP contribution in [0, 0.1) is 25.2 Å². The maximum atomic E-state index is 8.73. The molecular formula is C8H7N5. The second-order valence-corrected chi connectivity index (χ2v) is 2.56. The molecule has 0 spiro atoms. The van der Waals surface area contributed by atoms with Crippen LogP contribution in [0.3, 0.4) is 0 Å². The van der Waals surface area contributed by atoms with Crippen LogP contribution in [0.25, 0.3) is 10.4 Å². The minimum absolute atomic E-state index is 0.302. The summed E-state index contributed by atoms with van der Waals surface area (Å²) in [5.74, 6) is 0.302. The lowest BCUT2D eigenvalue weighted by atomic mass is 10.1. The number of nitriles is 1. The lowest BCUT2D eigenvalue weighted by Gasteiger charge is -2.01. The molecule has 0 aliphatic rings. The molecule has 1 heterocycles. The van der Waals surface area contributed by atoms with Crippen LogP contribution in [-0.4, -0.2) is 4.98 Å². The molecule has 1 rings (SSSR count). The van der Waals surface area contributed by atoms with Crippen LogP contribution < -0.4 is 0 Å². The smallest absolute Gasteiger partial charge is 0.127 e. The van der Waals surface area contributed by atoms with Gasteiger partial charge in [0.15, 0.2) is 0 Å². The van der Waals surface area contributed by atoms with E-state index in [2.05, 4.69) is 15.0 Å². The Morgan fingerprint density at radius 1 is 1.62 bits per heavy atom. The number of hydrogen-bond donors (Lipinski definition) is 0. The van der Waals surface area contributed by atoms with Crippen molar-refractivity contribution in [2.45, 2.75) is 13.8 Å². The van der Waals surface area contributed by atoms with Crippen molar-refractivity contribution in [2.24, 2.45) is 5.11 Å². The number of pyridine rings is 1. The maximum absolute atomic E-state index is 8.73. The summed E-state index contributed by atoms with van der Waals surface area (Å²) in [5, 5.41) is 12.1. The van der Waals surface area contributed by atoms with Gasteiger partial charge in [0.2, 0.25) is 0 Å². The van der Waals surface area contributed by atoms with Crippen molar-refractivity contribution in [1.82, 2.24) is 4.98 Å². The predicted octanol–water partition coefficient (Wildman–Crippen LogP) is 2.51. The minimum atomic E-state index is 0.302. The molecular weight excluding hydrogens is 166 g/mol. The van der Waals surface area contributed by atoms with Crippen molar-refractivity contribution >= 4 is 5.82 Å². The summed E-state index contributed by atoms with van der Waals surface area (Å²) in [6.07, 6.45) is 0. The average molecular weight is 173 g/mol. The van der Waals surface area contributed by atoms with Gasteiger partial charge in [-0.3, -0.25) is 4.98 Å². The summed E-state index contributed by atoms with van der Waals surface area (Å²) in [4.78, 5) is 6.57. The summed E-state index contributed by atoms with van der Waals surface area (Å²) in [5.41, 5.74) is 10.1. The molecule has 64 valence electrons. The Kier molecular flexibility index (Phi) is 2.48. The molecule has 0 amide bonds. The molecule has 0 saturated heterocycles. The molecule has 13 heavy (non-hydrogen) atoms. The Balaban J connectivity index is 3.38. The number of azide groups is 1. The minimum Gasteiger partial charge on any atom is -0.250 e. The van der Waals surface area contributed by atoms with Gasteiger partial charge < -0.3 is 0 Å². The Bertz CT molecular complexity index is 400. The summed E-state index contributed by atoms with van der Waals surface area (Å²) in [6.45, 7) is 3.49. The fourth-order valence-electron chi connectivity index (χ4n) is 1.08. The zero-order valence-electron chi connectivity index (χ0n) is 7.31. The van der Waals surface area contributed by atoms with Gasteiger partial charge in [-0.2, -0.15) is 5.26 Å². The molecule has 0 radical (unpaired) electrons. The fourth-order valence-corrected chi connectivity index (χ4v) is 1.08. The molecule has 0 N–H and O–H groups in total. The number of aromatic nitrogens is 1. The van der Waals surface area contributed by atoms with Gasteiger partial charge in [-0.15, -0.1) is 0 Å². The first-order valence-corrected chi connectivity index (χ1v) is 3.62. The molecule has 0 unspecified atom stereocenters. The van der Waals surface area contributed by atoms with Crippen molar-refractivity contribution in [3.05, 3.63) is 33.3 Å². The van der Waals surface area contributed by atoms with Crippen LogP contribution >= 0.6 is 0 Å². The number of aryl methyl sites for hydroxylation is 2. The lowest BCUT2D eigenvalue weighted by Crippen LogP contribution is -1.91. The van der Waals surface area contributed by atoms with E-state index in [4.69, 9.17) is 10.8 Å². The Labute approximate surface area is 75.3 Å². The highest BCUT2D eigenvalue weighted by atomic mass is 15.2. The molecule has 0 aromatic carbocycles. The SMILES string of the molecule is Cc1cc(N=[N+]=[N-])nc(C)c1C#N. The number of rotatable bonds is 1. The number of hydrogen-bond acceptors (Lipinski definition) is 3. The van der Waals surface area contributed by atoms with E-state index < -0.39 is 0 Å². The average Bonchev–Trinajstić information content (AvgIpc) is 2.04. The molecule has 5 nitrogen and oxygen atoms in total.